The molecule has 24 heavy (non-hydrogen) atoms. The maximum absolute atomic E-state index is 12.7. The molecule has 1 aliphatic rings. The Hall–Kier alpha value is -2.88. The molecule has 1 aliphatic carbocycles. The van der Waals surface area contributed by atoms with Crippen LogP contribution in [0, 0.1) is 0 Å². The average Bonchev–Trinajstić information content (AvgIpc) is 3.39. The molecule has 4 nitrogen and oxygen atoms in total. The lowest BCUT2D eigenvalue weighted by molar-refractivity contribution is -0.127. The molecular formula is C20H19N3O. The summed E-state index contributed by atoms with van der Waals surface area (Å²) in [7, 11) is 0. The summed E-state index contributed by atoms with van der Waals surface area (Å²) in [6.07, 6.45) is 9.58. The summed E-state index contributed by atoms with van der Waals surface area (Å²) < 4.78 is 2.05. The number of carbonyl (C=O) groups is 1. The highest BCUT2D eigenvalue weighted by molar-refractivity contribution is 5.92. The lowest BCUT2D eigenvalue weighted by Crippen LogP contribution is -2.31. The van der Waals surface area contributed by atoms with Crippen LogP contribution in [0.1, 0.15) is 24.1 Å². The van der Waals surface area contributed by atoms with Crippen LogP contribution in [0.25, 0.3) is 11.7 Å². The molecular weight excluding hydrogens is 298 g/mol. The quantitative estimate of drug-likeness (QED) is 0.675. The Morgan fingerprint density at radius 2 is 1.96 bits per heavy atom. The Kier molecular flexibility index (Phi) is 3.87. The van der Waals surface area contributed by atoms with Crippen LogP contribution in [-0.4, -0.2) is 26.2 Å². The lowest BCUT2D eigenvalue weighted by atomic mass is 10.2. The molecule has 0 radical (unpaired) electrons. The van der Waals surface area contributed by atoms with Crippen molar-refractivity contribution in [2.45, 2.75) is 25.4 Å². The maximum atomic E-state index is 12.7. The zero-order valence-corrected chi connectivity index (χ0v) is 13.4. The number of hydrogen-bond donors (Lipinski definition) is 0. The van der Waals surface area contributed by atoms with Gasteiger partial charge in [0.05, 0.1) is 18.4 Å². The van der Waals surface area contributed by atoms with E-state index in [4.69, 9.17) is 0 Å². The van der Waals surface area contributed by atoms with Gasteiger partial charge in [0.15, 0.2) is 0 Å². The van der Waals surface area contributed by atoms with Gasteiger partial charge in [0.1, 0.15) is 5.65 Å². The minimum absolute atomic E-state index is 0.0623. The first-order chi connectivity index (χ1) is 11.8. The summed E-state index contributed by atoms with van der Waals surface area (Å²) in [6.45, 7) is 0.591. The molecule has 0 saturated heterocycles. The SMILES string of the molecule is O=C(C=Cc1ccccc1)N(Cc1cnc2ccccn12)C1CC1. The van der Waals surface area contributed by atoms with Crippen LogP contribution in [0.15, 0.2) is 67.0 Å². The van der Waals surface area contributed by atoms with Gasteiger partial charge in [0, 0.05) is 18.3 Å². The number of fused-ring (bicyclic) bond motifs is 1. The number of imidazole rings is 1. The first-order valence-corrected chi connectivity index (χ1v) is 8.26. The molecule has 4 rings (SSSR count). The molecule has 0 bridgehead atoms. The van der Waals surface area contributed by atoms with E-state index in [0.717, 1.165) is 29.7 Å². The molecule has 2 heterocycles. The minimum atomic E-state index is 0.0623. The molecule has 0 aliphatic heterocycles. The van der Waals surface area contributed by atoms with Crippen molar-refractivity contribution in [1.29, 1.82) is 0 Å². The van der Waals surface area contributed by atoms with Crippen LogP contribution in [0.4, 0.5) is 0 Å². The fourth-order valence-electron chi connectivity index (χ4n) is 2.88. The molecule has 3 aromatic rings. The van der Waals surface area contributed by atoms with Crippen molar-refractivity contribution in [3.05, 3.63) is 78.3 Å². The molecule has 1 fully saturated rings. The van der Waals surface area contributed by atoms with E-state index < -0.39 is 0 Å². The van der Waals surface area contributed by atoms with Crippen molar-refractivity contribution in [2.75, 3.05) is 0 Å². The van der Waals surface area contributed by atoms with Crippen molar-refractivity contribution in [3.63, 3.8) is 0 Å². The smallest absolute Gasteiger partial charge is 0.247 e. The summed E-state index contributed by atoms with van der Waals surface area (Å²) in [5.41, 5.74) is 2.99. The Balaban J connectivity index is 1.54. The van der Waals surface area contributed by atoms with Gasteiger partial charge in [-0.15, -0.1) is 0 Å². The second kappa shape index (κ2) is 6.32. The minimum Gasteiger partial charge on any atom is -0.330 e. The molecule has 1 saturated carbocycles. The molecule has 120 valence electrons. The molecule has 0 N–H and O–H groups in total. The fourth-order valence-corrected chi connectivity index (χ4v) is 2.88. The zero-order valence-electron chi connectivity index (χ0n) is 13.4. The second-order valence-corrected chi connectivity index (χ2v) is 6.12. The first kappa shape index (κ1) is 14.7. The van der Waals surface area contributed by atoms with Crippen molar-refractivity contribution in [1.82, 2.24) is 14.3 Å². The zero-order chi connectivity index (χ0) is 16.4. The molecule has 4 heteroatoms. The Morgan fingerprint density at radius 1 is 1.17 bits per heavy atom. The van der Waals surface area contributed by atoms with E-state index in [2.05, 4.69) is 4.98 Å². The van der Waals surface area contributed by atoms with E-state index in [-0.39, 0.29) is 5.91 Å². The van der Waals surface area contributed by atoms with Crippen molar-refractivity contribution in [2.24, 2.45) is 0 Å². The third-order valence-corrected chi connectivity index (χ3v) is 4.31. The van der Waals surface area contributed by atoms with Gasteiger partial charge >= 0.3 is 0 Å². The normalized spacial score (nSPS) is 14.3. The van der Waals surface area contributed by atoms with Gasteiger partial charge in [0.2, 0.25) is 5.91 Å². The van der Waals surface area contributed by atoms with Crippen LogP contribution >= 0.6 is 0 Å². The lowest BCUT2D eigenvalue weighted by Gasteiger charge is -2.20. The van der Waals surface area contributed by atoms with Crippen LogP contribution in [0.3, 0.4) is 0 Å². The molecule has 2 aromatic heterocycles. The van der Waals surface area contributed by atoms with E-state index in [9.17, 15) is 4.79 Å². The highest BCUT2D eigenvalue weighted by atomic mass is 16.2. The summed E-state index contributed by atoms with van der Waals surface area (Å²) in [6, 6.07) is 16.2. The number of nitrogens with zero attached hydrogens (tertiary/aromatic N) is 3. The van der Waals surface area contributed by atoms with Gasteiger partial charge in [-0.2, -0.15) is 0 Å². The molecule has 0 atom stereocenters. The van der Waals surface area contributed by atoms with Crippen LogP contribution in [0.5, 0.6) is 0 Å². The van der Waals surface area contributed by atoms with Gasteiger partial charge < -0.3 is 9.30 Å². The van der Waals surface area contributed by atoms with Crippen LogP contribution < -0.4 is 0 Å². The van der Waals surface area contributed by atoms with Crippen molar-refractivity contribution >= 4 is 17.6 Å². The van der Waals surface area contributed by atoms with Gasteiger partial charge in [-0.1, -0.05) is 36.4 Å². The topological polar surface area (TPSA) is 37.6 Å². The Morgan fingerprint density at radius 3 is 2.75 bits per heavy atom. The number of pyridine rings is 1. The largest absolute Gasteiger partial charge is 0.330 e. The summed E-state index contributed by atoms with van der Waals surface area (Å²) >= 11 is 0. The number of aromatic nitrogens is 2. The molecule has 0 unspecified atom stereocenters. The Bertz CT molecular complexity index is 878. The number of amides is 1. The molecule has 1 amide bonds. The first-order valence-electron chi connectivity index (χ1n) is 8.26. The van der Waals surface area contributed by atoms with Crippen LogP contribution in [-0.2, 0) is 11.3 Å². The van der Waals surface area contributed by atoms with E-state index >= 15 is 0 Å². The van der Waals surface area contributed by atoms with E-state index in [1.165, 1.54) is 0 Å². The predicted molar refractivity (Wildman–Crippen MR) is 94.2 cm³/mol. The number of rotatable bonds is 5. The van der Waals surface area contributed by atoms with E-state index in [1.54, 1.807) is 6.08 Å². The third-order valence-electron chi connectivity index (χ3n) is 4.31. The average molecular weight is 317 g/mol. The van der Waals surface area contributed by atoms with Crippen LogP contribution in [0.2, 0.25) is 0 Å². The highest BCUT2D eigenvalue weighted by Gasteiger charge is 2.32. The fraction of sp³-hybridized carbons (Fsp3) is 0.200. The summed E-state index contributed by atoms with van der Waals surface area (Å²) in [5, 5.41) is 0. The summed E-state index contributed by atoms with van der Waals surface area (Å²) in [5.74, 6) is 0.0623. The Labute approximate surface area is 141 Å². The number of hydrogen-bond acceptors (Lipinski definition) is 2. The van der Waals surface area contributed by atoms with E-state index in [0.29, 0.717) is 12.6 Å². The van der Waals surface area contributed by atoms with E-state index in [1.807, 2.05) is 76.3 Å². The summed E-state index contributed by atoms with van der Waals surface area (Å²) in [4.78, 5) is 19.0. The highest BCUT2D eigenvalue weighted by Crippen LogP contribution is 2.29. The second-order valence-electron chi connectivity index (χ2n) is 6.12. The standard InChI is InChI=1S/C20H19N3O/c24-20(12-9-16-6-2-1-3-7-16)23(17-10-11-17)15-18-14-21-19-8-4-5-13-22(18)19/h1-9,12-14,17H,10-11,15H2. The van der Waals surface area contributed by atoms with Gasteiger partial charge in [0.25, 0.3) is 0 Å². The molecule has 1 aromatic carbocycles. The van der Waals surface area contributed by atoms with Crippen molar-refractivity contribution < 1.29 is 4.79 Å². The predicted octanol–water partition coefficient (Wildman–Crippen LogP) is 3.54. The molecule has 0 spiro atoms. The van der Waals surface area contributed by atoms with Gasteiger partial charge in [-0.3, -0.25) is 4.79 Å². The van der Waals surface area contributed by atoms with Crippen molar-refractivity contribution in [3.8, 4) is 0 Å². The van der Waals surface area contributed by atoms with Gasteiger partial charge in [-0.25, -0.2) is 4.98 Å². The monoisotopic (exact) mass is 317 g/mol. The maximum Gasteiger partial charge on any atom is 0.247 e. The van der Waals surface area contributed by atoms with Gasteiger partial charge in [-0.05, 0) is 36.6 Å². The number of benzene rings is 1. The number of carbonyl (C=O) groups excluding carboxylic acids is 1. The third kappa shape index (κ3) is 3.08.